The van der Waals surface area contributed by atoms with Crippen LogP contribution < -0.4 is 9.80 Å². The zero-order valence-corrected chi connectivity index (χ0v) is 27.2. The summed E-state index contributed by atoms with van der Waals surface area (Å²) in [6.07, 6.45) is 0. The maximum absolute atomic E-state index is 6.46. The van der Waals surface area contributed by atoms with Crippen molar-refractivity contribution in [1.29, 1.82) is 0 Å². The minimum absolute atomic E-state index is 0.825. The Kier molecular flexibility index (Phi) is 7.45. The van der Waals surface area contributed by atoms with Gasteiger partial charge in [0.15, 0.2) is 0 Å². The predicted octanol–water partition coefficient (Wildman–Crippen LogP) is 13.5. The molecular weight excluding hydrogens is 613 g/mol. The first-order chi connectivity index (χ1) is 24.8. The summed E-state index contributed by atoms with van der Waals surface area (Å²) >= 11 is 0. The van der Waals surface area contributed by atoms with Gasteiger partial charge in [0.25, 0.3) is 0 Å². The van der Waals surface area contributed by atoms with Gasteiger partial charge in [0.05, 0.1) is 0 Å². The third kappa shape index (κ3) is 5.59. The van der Waals surface area contributed by atoms with Crippen molar-refractivity contribution in [2.75, 3.05) is 9.80 Å². The molecule has 0 fully saturated rings. The van der Waals surface area contributed by atoms with E-state index in [4.69, 9.17) is 8.83 Å². The van der Waals surface area contributed by atoms with Crippen molar-refractivity contribution in [3.05, 3.63) is 194 Å². The molecule has 50 heavy (non-hydrogen) atoms. The Bertz CT molecular complexity index is 2260. The number of hydrogen-bond acceptors (Lipinski definition) is 4. The largest absolute Gasteiger partial charge is 0.456 e. The summed E-state index contributed by atoms with van der Waals surface area (Å²) in [4.78, 5) is 4.49. The van der Waals surface area contributed by atoms with E-state index in [1.807, 2.05) is 24.3 Å². The fraction of sp³-hybridized carbons (Fsp3) is 0. The summed E-state index contributed by atoms with van der Waals surface area (Å²) in [7, 11) is 0. The van der Waals surface area contributed by atoms with Gasteiger partial charge in [-0.2, -0.15) is 0 Å². The van der Waals surface area contributed by atoms with Crippen molar-refractivity contribution in [3.8, 4) is 22.6 Å². The Morgan fingerprint density at radius 2 is 0.600 bits per heavy atom. The first-order valence-corrected chi connectivity index (χ1v) is 16.8. The lowest BCUT2D eigenvalue weighted by molar-refractivity contribution is 0.629. The molecule has 0 aliphatic rings. The Morgan fingerprint density at radius 3 is 0.920 bits per heavy atom. The topological polar surface area (TPSA) is 32.8 Å². The monoisotopic (exact) mass is 644 g/mol. The van der Waals surface area contributed by atoms with E-state index in [0.717, 1.165) is 78.7 Å². The van der Waals surface area contributed by atoms with Gasteiger partial charge < -0.3 is 18.6 Å². The molecule has 4 nitrogen and oxygen atoms in total. The van der Waals surface area contributed by atoms with Gasteiger partial charge in [0.1, 0.15) is 22.7 Å². The second-order valence-electron chi connectivity index (χ2n) is 12.3. The molecule has 0 saturated heterocycles. The van der Waals surface area contributed by atoms with E-state index in [1.54, 1.807) is 0 Å². The quantitative estimate of drug-likeness (QED) is 0.165. The van der Waals surface area contributed by atoms with Gasteiger partial charge in [-0.25, -0.2) is 0 Å². The van der Waals surface area contributed by atoms with Gasteiger partial charge >= 0.3 is 0 Å². The van der Waals surface area contributed by atoms with Crippen LogP contribution in [0.15, 0.2) is 203 Å². The smallest absolute Gasteiger partial charge is 0.136 e. The van der Waals surface area contributed by atoms with Crippen molar-refractivity contribution in [2.24, 2.45) is 0 Å². The number of benzene rings is 7. The van der Waals surface area contributed by atoms with Crippen molar-refractivity contribution < 1.29 is 8.83 Å². The summed E-state index contributed by atoms with van der Waals surface area (Å²) in [5.74, 6) is 1.65. The Morgan fingerprint density at radius 1 is 0.280 bits per heavy atom. The molecule has 2 heterocycles. The number of hydrogen-bond donors (Lipinski definition) is 0. The highest BCUT2D eigenvalue weighted by Crippen LogP contribution is 2.40. The summed E-state index contributed by atoms with van der Waals surface area (Å²) in [5.41, 5.74) is 10.1. The standard InChI is InChI=1S/C46H32N2O2/c1-5-13-37(14-6-1)47(38-15-7-2-8-16-38)41-27-25-35-29-43(49-45(35)31-41)33-21-23-34(24-22-33)44-30-36-26-28-42(32-46(36)50-44)48(39-17-9-3-10-18-39)40-19-11-4-12-20-40/h1-32H. The molecule has 0 N–H and O–H groups in total. The van der Waals surface area contributed by atoms with Crippen LogP contribution in [-0.2, 0) is 0 Å². The fourth-order valence-corrected chi connectivity index (χ4v) is 6.60. The first kappa shape index (κ1) is 29.4. The van der Waals surface area contributed by atoms with E-state index in [1.165, 1.54) is 0 Å². The summed E-state index contributed by atoms with van der Waals surface area (Å²) < 4.78 is 12.9. The number of fused-ring (bicyclic) bond motifs is 2. The van der Waals surface area contributed by atoms with Crippen LogP contribution in [0.3, 0.4) is 0 Å². The molecule has 0 spiro atoms. The van der Waals surface area contributed by atoms with Crippen LogP contribution in [0, 0.1) is 0 Å². The van der Waals surface area contributed by atoms with E-state index < -0.39 is 0 Å². The van der Waals surface area contributed by atoms with Crippen molar-refractivity contribution >= 4 is 56.1 Å². The Balaban J connectivity index is 1.01. The highest BCUT2D eigenvalue weighted by molar-refractivity contribution is 5.90. The highest BCUT2D eigenvalue weighted by atomic mass is 16.3. The second-order valence-corrected chi connectivity index (χ2v) is 12.3. The summed E-state index contributed by atoms with van der Waals surface area (Å²) in [5, 5.41) is 2.11. The Labute approximate surface area is 290 Å². The number of para-hydroxylation sites is 4. The molecule has 7 aromatic carbocycles. The van der Waals surface area contributed by atoms with E-state index in [9.17, 15) is 0 Å². The fourth-order valence-electron chi connectivity index (χ4n) is 6.60. The van der Waals surface area contributed by atoms with Crippen LogP contribution in [0.4, 0.5) is 34.1 Å². The van der Waals surface area contributed by atoms with Crippen molar-refractivity contribution in [3.63, 3.8) is 0 Å². The lowest BCUT2D eigenvalue weighted by Gasteiger charge is -2.25. The van der Waals surface area contributed by atoms with Crippen LogP contribution in [-0.4, -0.2) is 0 Å². The molecule has 238 valence electrons. The van der Waals surface area contributed by atoms with Crippen LogP contribution in [0.5, 0.6) is 0 Å². The molecule has 4 heteroatoms. The number of rotatable bonds is 8. The molecule has 0 atom stereocenters. The molecule has 2 aromatic heterocycles. The van der Waals surface area contributed by atoms with Gasteiger partial charge in [-0.15, -0.1) is 0 Å². The number of furan rings is 2. The second kappa shape index (κ2) is 12.7. The van der Waals surface area contributed by atoms with Gasteiger partial charge in [-0.05, 0) is 84.9 Å². The van der Waals surface area contributed by atoms with Gasteiger partial charge in [0, 0.05) is 68.2 Å². The minimum atomic E-state index is 0.825. The average molecular weight is 645 g/mol. The van der Waals surface area contributed by atoms with Gasteiger partial charge in [0.2, 0.25) is 0 Å². The van der Waals surface area contributed by atoms with Gasteiger partial charge in [-0.3, -0.25) is 0 Å². The molecule has 0 saturated carbocycles. The van der Waals surface area contributed by atoms with E-state index in [-0.39, 0.29) is 0 Å². The molecule has 0 bridgehead atoms. The Hall–Kier alpha value is -6.78. The average Bonchev–Trinajstić information content (AvgIpc) is 3.81. The van der Waals surface area contributed by atoms with Crippen molar-refractivity contribution in [2.45, 2.75) is 0 Å². The zero-order valence-electron chi connectivity index (χ0n) is 27.2. The maximum atomic E-state index is 6.46. The third-order valence-electron chi connectivity index (χ3n) is 9.04. The summed E-state index contributed by atoms with van der Waals surface area (Å²) in [6, 6.07) is 67.0. The van der Waals surface area contributed by atoms with Crippen LogP contribution in [0.2, 0.25) is 0 Å². The van der Waals surface area contributed by atoms with Crippen LogP contribution in [0.25, 0.3) is 44.6 Å². The van der Waals surface area contributed by atoms with Gasteiger partial charge in [-0.1, -0.05) is 97.1 Å². The number of nitrogens with zero attached hydrogens (tertiary/aromatic N) is 2. The van der Waals surface area contributed by atoms with Crippen LogP contribution >= 0.6 is 0 Å². The minimum Gasteiger partial charge on any atom is -0.456 e. The molecule has 0 aliphatic heterocycles. The molecule has 0 unspecified atom stereocenters. The molecule has 0 amide bonds. The normalized spacial score (nSPS) is 11.2. The third-order valence-corrected chi connectivity index (χ3v) is 9.04. The molecule has 9 rings (SSSR count). The maximum Gasteiger partial charge on any atom is 0.136 e. The van der Waals surface area contributed by atoms with E-state index in [0.29, 0.717) is 0 Å². The molecule has 0 aliphatic carbocycles. The predicted molar refractivity (Wildman–Crippen MR) is 206 cm³/mol. The summed E-state index contributed by atoms with van der Waals surface area (Å²) in [6.45, 7) is 0. The first-order valence-electron chi connectivity index (χ1n) is 16.8. The SMILES string of the molecule is c1ccc(N(c2ccccc2)c2ccc3cc(-c4ccc(-c5cc6ccc(N(c7ccccc7)c7ccccc7)cc6o5)cc4)oc3c2)cc1. The number of anilines is 6. The van der Waals surface area contributed by atoms with E-state index in [2.05, 4.69) is 180 Å². The zero-order chi connectivity index (χ0) is 33.3. The molecular formula is C46H32N2O2. The van der Waals surface area contributed by atoms with Crippen LogP contribution in [0.1, 0.15) is 0 Å². The lowest BCUT2D eigenvalue weighted by atomic mass is 10.1. The van der Waals surface area contributed by atoms with Crippen molar-refractivity contribution in [1.82, 2.24) is 0 Å². The van der Waals surface area contributed by atoms with E-state index >= 15 is 0 Å². The highest BCUT2D eigenvalue weighted by Gasteiger charge is 2.17. The lowest BCUT2D eigenvalue weighted by Crippen LogP contribution is -2.09. The molecule has 9 aromatic rings. The molecule has 0 radical (unpaired) electrons.